The maximum Gasteiger partial charge on any atom is 0.0973 e. The van der Waals surface area contributed by atoms with E-state index in [1.54, 1.807) is 0 Å². The maximum absolute atomic E-state index is 5.24. The van der Waals surface area contributed by atoms with Gasteiger partial charge in [-0.05, 0) is 115 Å². The van der Waals surface area contributed by atoms with E-state index in [-0.39, 0.29) is 5.41 Å². The zero-order chi connectivity index (χ0) is 44.7. The minimum absolute atomic E-state index is 0.0963. The van der Waals surface area contributed by atoms with Crippen molar-refractivity contribution in [2.24, 2.45) is 0 Å². The Kier molecular flexibility index (Phi) is 8.78. The molecule has 0 aliphatic heterocycles. The van der Waals surface area contributed by atoms with E-state index in [0.29, 0.717) is 0 Å². The minimum Gasteiger partial charge on any atom is -0.310 e. The van der Waals surface area contributed by atoms with Gasteiger partial charge in [0.25, 0.3) is 0 Å². The summed E-state index contributed by atoms with van der Waals surface area (Å²) in [6.07, 6.45) is 0. The van der Waals surface area contributed by atoms with Gasteiger partial charge in [-0.25, -0.2) is 9.97 Å². The van der Waals surface area contributed by atoms with Crippen molar-refractivity contribution in [3.05, 3.63) is 270 Å². The number of hydrogen-bond donors (Lipinski definition) is 0. The van der Waals surface area contributed by atoms with Crippen molar-refractivity contribution < 1.29 is 0 Å². The number of fused-ring (bicyclic) bond motifs is 9. The molecule has 0 fully saturated rings. The molecule has 0 saturated heterocycles. The molecule has 67 heavy (non-hydrogen) atoms. The molecule has 13 rings (SSSR count). The Balaban J connectivity index is 0.992. The van der Waals surface area contributed by atoms with E-state index in [0.717, 1.165) is 50.6 Å². The summed E-state index contributed by atoms with van der Waals surface area (Å²) in [5, 5.41) is 2.53. The fourth-order valence-corrected chi connectivity index (χ4v) is 11.4. The second-order valence-electron chi connectivity index (χ2n) is 18.5. The molecule has 2 aliphatic carbocycles. The SMILES string of the molecule is CC1(C)c2ccccc2-c2cc(N(c3ccc(-c4nc5ccccc5nc4-c4ccccc4)cc3)c3ccc(C4(c5ccccc5)c5ccccc5-c5c4ccc4ccccc54)cc3)ccc21. The zero-order valence-electron chi connectivity index (χ0n) is 37.4. The topological polar surface area (TPSA) is 29.0 Å². The molecule has 0 bridgehead atoms. The summed E-state index contributed by atoms with van der Waals surface area (Å²) in [6.45, 7) is 4.69. The molecule has 1 heterocycles. The molecule has 1 atom stereocenters. The van der Waals surface area contributed by atoms with Gasteiger partial charge < -0.3 is 4.90 Å². The molecule has 2 aliphatic rings. The molecule has 0 N–H and O–H groups in total. The van der Waals surface area contributed by atoms with E-state index in [2.05, 4.69) is 225 Å². The molecule has 3 heteroatoms. The lowest BCUT2D eigenvalue weighted by molar-refractivity contribution is 0.660. The molecule has 0 radical (unpaired) electrons. The highest BCUT2D eigenvalue weighted by atomic mass is 15.1. The van der Waals surface area contributed by atoms with Crippen molar-refractivity contribution in [1.29, 1.82) is 0 Å². The Morgan fingerprint density at radius 1 is 0.358 bits per heavy atom. The van der Waals surface area contributed by atoms with Gasteiger partial charge in [0.2, 0.25) is 0 Å². The Morgan fingerprint density at radius 2 is 0.866 bits per heavy atom. The quantitative estimate of drug-likeness (QED) is 0.160. The number of anilines is 3. The van der Waals surface area contributed by atoms with Crippen LogP contribution in [-0.2, 0) is 10.8 Å². The highest BCUT2D eigenvalue weighted by molar-refractivity contribution is 6.04. The van der Waals surface area contributed by atoms with Gasteiger partial charge in [-0.3, -0.25) is 0 Å². The fraction of sp³-hybridized carbons (Fsp3) is 0.0625. The molecule has 1 aromatic heterocycles. The number of benzene rings is 10. The number of hydrogen-bond acceptors (Lipinski definition) is 3. The first-order valence-corrected chi connectivity index (χ1v) is 23.2. The summed E-state index contributed by atoms with van der Waals surface area (Å²) < 4.78 is 0. The third kappa shape index (κ3) is 5.91. The molecule has 0 amide bonds. The third-order valence-corrected chi connectivity index (χ3v) is 14.5. The summed E-state index contributed by atoms with van der Waals surface area (Å²) in [7, 11) is 0. The first-order chi connectivity index (χ1) is 33.0. The van der Waals surface area contributed by atoms with Crippen LogP contribution in [0, 0.1) is 0 Å². The van der Waals surface area contributed by atoms with Crippen LogP contribution in [0.15, 0.2) is 237 Å². The minimum atomic E-state index is -0.525. The largest absolute Gasteiger partial charge is 0.310 e. The average Bonchev–Trinajstić information content (AvgIpc) is 3.82. The maximum atomic E-state index is 5.24. The predicted molar refractivity (Wildman–Crippen MR) is 277 cm³/mol. The van der Waals surface area contributed by atoms with Crippen molar-refractivity contribution >= 4 is 38.9 Å². The standard InChI is InChI=1S/C64H45N3/c1-63(2)54-25-13-11-23-51(54)53-41-49(38-40-55(53)63)67(47-34-29-44(30-35-47)62-61(43-18-5-3-6-19-43)65-58-27-15-16-28-59(58)66-62)48-36-32-46(33-37-48)64(45-20-7-4-8-21-45)56-26-14-12-24-52(56)60-50-22-10-9-17-42(50)31-39-57(60)64/h3-41H,1-2H3. The molecule has 11 aromatic rings. The Bertz CT molecular complexity index is 3710. The summed E-state index contributed by atoms with van der Waals surface area (Å²) in [5.41, 5.74) is 21.1. The van der Waals surface area contributed by atoms with Crippen molar-refractivity contribution in [2.75, 3.05) is 4.90 Å². The Labute approximate surface area is 391 Å². The van der Waals surface area contributed by atoms with Crippen molar-refractivity contribution in [2.45, 2.75) is 24.7 Å². The van der Waals surface area contributed by atoms with E-state index < -0.39 is 5.41 Å². The second-order valence-corrected chi connectivity index (χ2v) is 18.5. The average molecular weight is 856 g/mol. The number of rotatable bonds is 7. The summed E-state index contributed by atoms with van der Waals surface area (Å²) in [6, 6.07) is 86.3. The lowest BCUT2D eigenvalue weighted by Crippen LogP contribution is -2.28. The van der Waals surface area contributed by atoms with Crippen molar-refractivity contribution in [3.8, 4) is 44.8 Å². The monoisotopic (exact) mass is 855 g/mol. The van der Waals surface area contributed by atoms with Gasteiger partial charge in [0.1, 0.15) is 0 Å². The van der Waals surface area contributed by atoms with Crippen LogP contribution >= 0.6 is 0 Å². The van der Waals surface area contributed by atoms with Gasteiger partial charge in [-0.2, -0.15) is 0 Å². The van der Waals surface area contributed by atoms with Gasteiger partial charge in [-0.1, -0.05) is 202 Å². The van der Waals surface area contributed by atoms with E-state index in [4.69, 9.17) is 9.97 Å². The molecule has 0 saturated carbocycles. The number of para-hydroxylation sites is 2. The van der Waals surface area contributed by atoms with Crippen LogP contribution in [0.1, 0.15) is 47.2 Å². The first-order valence-electron chi connectivity index (χ1n) is 23.2. The van der Waals surface area contributed by atoms with E-state index >= 15 is 0 Å². The van der Waals surface area contributed by atoms with E-state index in [1.165, 1.54) is 66.4 Å². The lowest BCUT2D eigenvalue weighted by Gasteiger charge is -2.34. The Hall–Kier alpha value is -8.40. The van der Waals surface area contributed by atoms with Crippen LogP contribution in [-0.4, -0.2) is 9.97 Å². The molecule has 0 spiro atoms. The smallest absolute Gasteiger partial charge is 0.0973 e. The summed E-state index contributed by atoms with van der Waals surface area (Å²) in [5.74, 6) is 0. The second kappa shape index (κ2) is 15.1. The fourth-order valence-electron chi connectivity index (χ4n) is 11.4. The Morgan fingerprint density at radius 3 is 1.58 bits per heavy atom. The van der Waals surface area contributed by atoms with Gasteiger partial charge in [0.05, 0.1) is 27.8 Å². The van der Waals surface area contributed by atoms with Gasteiger partial charge in [-0.15, -0.1) is 0 Å². The normalized spacial score (nSPS) is 15.2. The van der Waals surface area contributed by atoms with Crippen molar-refractivity contribution in [1.82, 2.24) is 9.97 Å². The van der Waals surface area contributed by atoms with E-state index in [1.807, 2.05) is 30.3 Å². The number of nitrogens with zero attached hydrogens (tertiary/aromatic N) is 3. The van der Waals surface area contributed by atoms with Crippen LogP contribution in [0.2, 0.25) is 0 Å². The molecule has 3 nitrogen and oxygen atoms in total. The van der Waals surface area contributed by atoms with Crippen LogP contribution < -0.4 is 4.90 Å². The zero-order valence-corrected chi connectivity index (χ0v) is 37.4. The first kappa shape index (κ1) is 39.0. The lowest BCUT2D eigenvalue weighted by atomic mass is 9.67. The van der Waals surface area contributed by atoms with Crippen molar-refractivity contribution in [3.63, 3.8) is 0 Å². The molecular formula is C64H45N3. The van der Waals surface area contributed by atoms with Crippen LogP contribution in [0.4, 0.5) is 17.1 Å². The number of aromatic nitrogens is 2. The molecule has 10 aromatic carbocycles. The molecular weight excluding hydrogens is 811 g/mol. The van der Waals surface area contributed by atoms with Crippen LogP contribution in [0.25, 0.3) is 66.6 Å². The van der Waals surface area contributed by atoms with Gasteiger partial charge in [0.15, 0.2) is 0 Å². The summed E-state index contributed by atoms with van der Waals surface area (Å²) in [4.78, 5) is 12.8. The van der Waals surface area contributed by atoms with E-state index in [9.17, 15) is 0 Å². The third-order valence-electron chi connectivity index (χ3n) is 14.5. The molecule has 1 unspecified atom stereocenters. The van der Waals surface area contributed by atoms with Gasteiger partial charge in [0, 0.05) is 33.6 Å². The van der Waals surface area contributed by atoms with Gasteiger partial charge >= 0.3 is 0 Å². The predicted octanol–water partition coefficient (Wildman–Crippen LogP) is 16.3. The highest BCUT2D eigenvalue weighted by Gasteiger charge is 2.46. The van der Waals surface area contributed by atoms with Crippen LogP contribution in [0.3, 0.4) is 0 Å². The highest BCUT2D eigenvalue weighted by Crippen LogP contribution is 2.58. The van der Waals surface area contributed by atoms with Crippen LogP contribution in [0.5, 0.6) is 0 Å². The molecule has 316 valence electrons. The summed E-state index contributed by atoms with van der Waals surface area (Å²) >= 11 is 0.